The molecule has 7 heteroatoms. The van der Waals surface area contributed by atoms with Crippen LogP contribution in [0, 0.1) is 5.82 Å². The van der Waals surface area contributed by atoms with Crippen molar-refractivity contribution in [3.63, 3.8) is 0 Å². The first-order valence-electron chi connectivity index (χ1n) is 7.60. The highest BCUT2D eigenvalue weighted by molar-refractivity contribution is 14.0. The van der Waals surface area contributed by atoms with E-state index in [2.05, 4.69) is 10.3 Å². The van der Waals surface area contributed by atoms with Crippen molar-refractivity contribution in [1.82, 2.24) is 0 Å². The van der Waals surface area contributed by atoms with E-state index in [-0.39, 0.29) is 35.5 Å². The molecule has 0 saturated carbocycles. The minimum Gasteiger partial charge on any atom is -0.494 e. The van der Waals surface area contributed by atoms with Gasteiger partial charge in [-0.05, 0) is 30.2 Å². The van der Waals surface area contributed by atoms with Gasteiger partial charge in [-0.1, -0.05) is 24.3 Å². The molecule has 5 nitrogen and oxygen atoms in total. The molecule has 2 aromatic carbocycles. The molecule has 0 spiro atoms. The lowest BCUT2D eigenvalue weighted by atomic mass is 10.1. The van der Waals surface area contributed by atoms with Gasteiger partial charge in [-0.3, -0.25) is 4.99 Å². The maximum absolute atomic E-state index is 13.4. The molecule has 0 atom stereocenters. The van der Waals surface area contributed by atoms with E-state index in [1.807, 2.05) is 24.3 Å². The molecule has 0 fully saturated rings. The number of halogens is 2. The van der Waals surface area contributed by atoms with Crippen LogP contribution in [0.15, 0.2) is 47.5 Å². The van der Waals surface area contributed by atoms with Crippen LogP contribution < -0.4 is 15.8 Å². The molecular weight excluding hydrogens is 436 g/mol. The number of nitrogens with two attached hydrogens (primary N) is 1. The van der Waals surface area contributed by atoms with Gasteiger partial charge >= 0.3 is 0 Å². The molecule has 0 bridgehead atoms. The summed E-state index contributed by atoms with van der Waals surface area (Å²) in [4.78, 5) is 4.30. The summed E-state index contributed by atoms with van der Waals surface area (Å²) in [6.07, 6.45) is 0.638. The van der Waals surface area contributed by atoms with Crippen LogP contribution in [0.1, 0.15) is 11.1 Å². The van der Waals surface area contributed by atoms with Gasteiger partial charge in [0.05, 0.1) is 13.7 Å². The Hall–Kier alpha value is -1.87. The summed E-state index contributed by atoms with van der Waals surface area (Å²) in [6.45, 7) is 0.978. The lowest BCUT2D eigenvalue weighted by Crippen LogP contribution is -2.23. The van der Waals surface area contributed by atoms with E-state index >= 15 is 0 Å². The average molecular weight is 459 g/mol. The summed E-state index contributed by atoms with van der Waals surface area (Å²) in [6, 6.07) is 12.5. The highest BCUT2D eigenvalue weighted by Gasteiger charge is 2.04. The predicted octanol–water partition coefficient (Wildman–Crippen LogP) is 3.57. The van der Waals surface area contributed by atoms with Crippen molar-refractivity contribution in [2.75, 3.05) is 26.1 Å². The zero-order valence-electron chi connectivity index (χ0n) is 14.3. The Morgan fingerprint density at radius 1 is 1.20 bits per heavy atom. The molecule has 0 heterocycles. The van der Waals surface area contributed by atoms with Crippen molar-refractivity contribution in [1.29, 1.82) is 0 Å². The lowest BCUT2D eigenvalue weighted by Gasteiger charge is -2.11. The fourth-order valence-corrected chi connectivity index (χ4v) is 2.27. The number of hydrogen-bond acceptors (Lipinski definition) is 3. The van der Waals surface area contributed by atoms with Crippen LogP contribution in [0.4, 0.5) is 10.1 Å². The highest BCUT2D eigenvalue weighted by atomic mass is 127. The molecule has 0 aliphatic heterocycles. The summed E-state index contributed by atoms with van der Waals surface area (Å²) in [5.41, 5.74) is 8.73. The van der Waals surface area contributed by atoms with Crippen molar-refractivity contribution in [3.8, 4) is 5.75 Å². The summed E-state index contributed by atoms with van der Waals surface area (Å²) in [7, 11) is 3.09. The maximum atomic E-state index is 13.4. The predicted molar refractivity (Wildman–Crippen MR) is 109 cm³/mol. The number of methoxy groups -OCH3 is 2. The summed E-state index contributed by atoms with van der Waals surface area (Å²) < 4.78 is 23.5. The van der Waals surface area contributed by atoms with Crippen LogP contribution in [0.5, 0.6) is 5.75 Å². The van der Waals surface area contributed by atoms with Gasteiger partial charge in [0, 0.05) is 24.9 Å². The van der Waals surface area contributed by atoms with E-state index in [1.165, 1.54) is 13.2 Å². The average Bonchev–Trinajstić information content (AvgIpc) is 2.58. The van der Waals surface area contributed by atoms with E-state index in [1.54, 1.807) is 19.2 Å². The van der Waals surface area contributed by atoms with Gasteiger partial charge in [-0.25, -0.2) is 4.39 Å². The molecule has 0 unspecified atom stereocenters. The first kappa shape index (κ1) is 21.2. The number of hydrogen-bond donors (Lipinski definition) is 2. The highest BCUT2D eigenvalue weighted by Crippen LogP contribution is 2.18. The van der Waals surface area contributed by atoms with Gasteiger partial charge in [0.1, 0.15) is 0 Å². The van der Waals surface area contributed by atoms with Crippen molar-refractivity contribution in [2.24, 2.45) is 10.7 Å². The first-order chi connectivity index (χ1) is 11.6. The van der Waals surface area contributed by atoms with Gasteiger partial charge < -0.3 is 20.5 Å². The zero-order valence-corrected chi connectivity index (χ0v) is 16.6. The standard InChI is InChI=1S/C18H22FN3O2.HI/c1-23-12-14-5-3-4-6-16(14)22-18(20)21-10-9-13-7-8-15(19)17(11-13)24-2;/h3-8,11H,9-10,12H2,1-2H3,(H3,20,21,22);1H. The van der Waals surface area contributed by atoms with E-state index in [0.717, 1.165) is 16.8 Å². The summed E-state index contributed by atoms with van der Waals surface area (Å²) >= 11 is 0. The smallest absolute Gasteiger partial charge is 0.193 e. The molecule has 0 aromatic heterocycles. The second kappa shape index (κ2) is 10.9. The molecule has 2 rings (SSSR count). The number of aliphatic imine (C=N–C) groups is 1. The van der Waals surface area contributed by atoms with E-state index in [9.17, 15) is 4.39 Å². The second-order valence-corrected chi connectivity index (χ2v) is 5.20. The third-order valence-corrected chi connectivity index (χ3v) is 3.48. The third-order valence-electron chi connectivity index (χ3n) is 3.48. The molecule has 0 saturated heterocycles. The van der Waals surface area contributed by atoms with Gasteiger partial charge in [0.25, 0.3) is 0 Å². The number of benzene rings is 2. The zero-order chi connectivity index (χ0) is 17.4. The van der Waals surface area contributed by atoms with E-state index in [0.29, 0.717) is 25.5 Å². The van der Waals surface area contributed by atoms with Gasteiger partial charge in [-0.15, -0.1) is 24.0 Å². The number of ether oxygens (including phenoxy) is 2. The molecular formula is C18H23FIN3O2. The Bertz CT molecular complexity index is 710. The summed E-state index contributed by atoms with van der Waals surface area (Å²) in [5, 5.41) is 3.08. The summed E-state index contributed by atoms with van der Waals surface area (Å²) in [5.74, 6) is 0.185. The monoisotopic (exact) mass is 459 g/mol. The molecule has 3 N–H and O–H groups in total. The van der Waals surface area contributed by atoms with Crippen molar-refractivity contribution in [2.45, 2.75) is 13.0 Å². The second-order valence-electron chi connectivity index (χ2n) is 5.20. The van der Waals surface area contributed by atoms with Crippen LogP contribution in [-0.4, -0.2) is 26.7 Å². The molecule has 0 aliphatic rings. The van der Waals surface area contributed by atoms with Crippen LogP contribution >= 0.6 is 24.0 Å². The number of guanidine groups is 1. The van der Waals surface area contributed by atoms with Crippen LogP contribution in [0.2, 0.25) is 0 Å². The number of nitrogens with zero attached hydrogens (tertiary/aromatic N) is 1. The minimum atomic E-state index is -0.374. The van der Waals surface area contributed by atoms with Gasteiger partial charge in [0.2, 0.25) is 0 Å². The number of anilines is 1. The minimum absolute atomic E-state index is 0. The molecule has 0 radical (unpaired) electrons. The quantitative estimate of drug-likeness (QED) is 0.378. The fourth-order valence-electron chi connectivity index (χ4n) is 2.27. The first-order valence-corrected chi connectivity index (χ1v) is 7.60. The molecule has 2 aromatic rings. The Balaban J connectivity index is 0.00000312. The Morgan fingerprint density at radius 2 is 1.96 bits per heavy atom. The molecule has 136 valence electrons. The largest absolute Gasteiger partial charge is 0.494 e. The third kappa shape index (κ3) is 6.50. The normalized spacial score (nSPS) is 10.9. The van der Waals surface area contributed by atoms with E-state index in [4.69, 9.17) is 15.2 Å². The van der Waals surface area contributed by atoms with Crippen LogP contribution in [0.25, 0.3) is 0 Å². The Kier molecular flexibility index (Phi) is 9.22. The SMILES string of the molecule is COCc1ccccc1NC(N)=NCCc1ccc(F)c(OC)c1.I. The lowest BCUT2D eigenvalue weighted by molar-refractivity contribution is 0.185. The van der Waals surface area contributed by atoms with Crippen molar-refractivity contribution >= 4 is 35.6 Å². The maximum Gasteiger partial charge on any atom is 0.193 e. The molecule has 0 aliphatic carbocycles. The molecule has 25 heavy (non-hydrogen) atoms. The number of nitrogens with one attached hydrogen (secondary N) is 1. The number of para-hydroxylation sites is 1. The van der Waals surface area contributed by atoms with Crippen molar-refractivity contribution < 1.29 is 13.9 Å². The topological polar surface area (TPSA) is 68.9 Å². The van der Waals surface area contributed by atoms with Gasteiger partial charge in [-0.2, -0.15) is 0 Å². The Labute approximate surface area is 164 Å². The van der Waals surface area contributed by atoms with Crippen LogP contribution in [0.3, 0.4) is 0 Å². The van der Waals surface area contributed by atoms with Crippen LogP contribution in [-0.2, 0) is 17.8 Å². The fraction of sp³-hybridized carbons (Fsp3) is 0.278. The number of rotatable bonds is 7. The van der Waals surface area contributed by atoms with E-state index < -0.39 is 0 Å². The van der Waals surface area contributed by atoms with Crippen molar-refractivity contribution in [3.05, 3.63) is 59.4 Å². The van der Waals surface area contributed by atoms with Gasteiger partial charge in [0.15, 0.2) is 17.5 Å². The molecule has 0 amide bonds. The Morgan fingerprint density at radius 3 is 2.68 bits per heavy atom.